The summed E-state index contributed by atoms with van der Waals surface area (Å²) >= 11 is 0. The topological polar surface area (TPSA) is 60.7 Å². The summed E-state index contributed by atoms with van der Waals surface area (Å²) < 4.78 is 0. The molecule has 0 saturated carbocycles. The molecule has 0 saturated heterocycles. The number of phenolic OH excluding ortho intramolecular Hbond substituents is 3. The third-order valence-electron chi connectivity index (χ3n) is 3.23. The van der Waals surface area contributed by atoms with E-state index in [-0.39, 0.29) is 11.5 Å². The largest absolute Gasteiger partial charge is 0.504 e. The summed E-state index contributed by atoms with van der Waals surface area (Å²) in [6.07, 6.45) is 0. The molecule has 2 rings (SSSR count). The van der Waals surface area contributed by atoms with E-state index in [0.29, 0.717) is 5.56 Å². The second-order valence-corrected chi connectivity index (χ2v) is 4.58. The summed E-state index contributed by atoms with van der Waals surface area (Å²) in [5.74, 6) is -1.09. The smallest absolute Gasteiger partial charge is 0.200 e. The lowest BCUT2D eigenvalue weighted by molar-refractivity contribution is 0.369. The lowest BCUT2D eigenvalue weighted by Crippen LogP contribution is -1.90. The second-order valence-electron chi connectivity index (χ2n) is 4.58. The van der Waals surface area contributed by atoms with Crippen LogP contribution < -0.4 is 0 Å². The summed E-state index contributed by atoms with van der Waals surface area (Å²) in [4.78, 5) is 0. The minimum Gasteiger partial charge on any atom is -0.504 e. The monoisotopic (exact) mass is 244 g/mol. The standard InChI is InChI=1S/C15H16O3/c1-8-6-9(2)10(3)12(7-8)11-4-5-13(16)15(18)14(11)17/h4-7,16-18H,1-3H3. The van der Waals surface area contributed by atoms with Crippen LogP contribution >= 0.6 is 0 Å². The van der Waals surface area contributed by atoms with Crippen molar-refractivity contribution in [1.82, 2.24) is 0 Å². The highest BCUT2D eigenvalue weighted by atomic mass is 16.3. The van der Waals surface area contributed by atoms with Crippen LogP contribution in [-0.2, 0) is 0 Å². The van der Waals surface area contributed by atoms with E-state index in [1.54, 1.807) is 6.07 Å². The Bertz CT molecular complexity index is 616. The molecule has 2 aromatic rings. The van der Waals surface area contributed by atoms with Gasteiger partial charge in [-0.3, -0.25) is 0 Å². The molecule has 0 amide bonds. The zero-order valence-corrected chi connectivity index (χ0v) is 10.7. The Morgan fingerprint density at radius 1 is 0.778 bits per heavy atom. The van der Waals surface area contributed by atoms with Gasteiger partial charge in [0.15, 0.2) is 11.5 Å². The van der Waals surface area contributed by atoms with Gasteiger partial charge in [0, 0.05) is 5.56 Å². The molecule has 0 fully saturated rings. The summed E-state index contributed by atoms with van der Waals surface area (Å²) in [5, 5.41) is 28.8. The van der Waals surface area contributed by atoms with E-state index in [1.807, 2.05) is 26.8 Å². The molecule has 3 nitrogen and oxygen atoms in total. The number of aryl methyl sites for hydroxylation is 2. The van der Waals surface area contributed by atoms with Crippen LogP contribution in [0.25, 0.3) is 11.1 Å². The van der Waals surface area contributed by atoms with E-state index in [2.05, 4.69) is 6.07 Å². The van der Waals surface area contributed by atoms with E-state index < -0.39 is 5.75 Å². The van der Waals surface area contributed by atoms with Gasteiger partial charge in [-0.05, 0) is 49.6 Å². The number of phenols is 3. The molecule has 0 atom stereocenters. The normalized spacial score (nSPS) is 10.6. The molecule has 0 aliphatic carbocycles. The molecule has 0 heterocycles. The van der Waals surface area contributed by atoms with E-state index in [1.165, 1.54) is 6.07 Å². The van der Waals surface area contributed by atoms with Gasteiger partial charge >= 0.3 is 0 Å². The average Bonchev–Trinajstić information content (AvgIpc) is 2.31. The predicted octanol–water partition coefficient (Wildman–Crippen LogP) is 3.40. The SMILES string of the molecule is Cc1cc(C)c(C)c(-c2ccc(O)c(O)c2O)c1. The highest BCUT2D eigenvalue weighted by Crippen LogP contribution is 2.43. The highest BCUT2D eigenvalue weighted by molar-refractivity contribution is 5.78. The van der Waals surface area contributed by atoms with Crippen molar-refractivity contribution in [3.8, 4) is 28.4 Å². The minimum absolute atomic E-state index is 0.289. The first-order chi connectivity index (χ1) is 8.41. The van der Waals surface area contributed by atoms with Crippen LogP contribution in [0.2, 0.25) is 0 Å². The number of hydrogen-bond acceptors (Lipinski definition) is 3. The van der Waals surface area contributed by atoms with Crippen LogP contribution in [0, 0.1) is 20.8 Å². The molecular weight excluding hydrogens is 228 g/mol. The maximum atomic E-state index is 9.93. The molecule has 94 valence electrons. The highest BCUT2D eigenvalue weighted by Gasteiger charge is 2.15. The lowest BCUT2D eigenvalue weighted by Gasteiger charge is -2.13. The third kappa shape index (κ3) is 1.88. The van der Waals surface area contributed by atoms with Crippen LogP contribution in [0.5, 0.6) is 17.2 Å². The second kappa shape index (κ2) is 4.26. The van der Waals surface area contributed by atoms with Crippen LogP contribution in [0.15, 0.2) is 24.3 Å². The number of benzene rings is 2. The summed E-state index contributed by atoms with van der Waals surface area (Å²) in [5.41, 5.74) is 4.63. The van der Waals surface area contributed by atoms with Gasteiger partial charge in [-0.1, -0.05) is 17.7 Å². The van der Waals surface area contributed by atoms with Crippen molar-refractivity contribution in [2.75, 3.05) is 0 Å². The van der Waals surface area contributed by atoms with E-state index in [4.69, 9.17) is 0 Å². The van der Waals surface area contributed by atoms with Crippen LogP contribution in [0.4, 0.5) is 0 Å². The number of rotatable bonds is 1. The fourth-order valence-corrected chi connectivity index (χ4v) is 2.11. The Morgan fingerprint density at radius 3 is 2.11 bits per heavy atom. The predicted molar refractivity (Wildman–Crippen MR) is 71.1 cm³/mol. The molecule has 0 bridgehead atoms. The van der Waals surface area contributed by atoms with Gasteiger partial charge in [0.05, 0.1) is 0 Å². The molecule has 2 aromatic carbocycles. The Kier molecular flexibility index (Phi) is 2.91. The van der Waals surface area contributed by atoms with Crippen molar-refractivity contribution < 1.29 is 15.3 Å². The van der Waals surface area contributed by atoms with E-state index in [9.17, 15) is 15.3 Å². The maximum absolute atomic E-state index is 9.93. The molecular formula is C15H16O3. The molecule has 18 heavy (non-hydrogen) atoms. The van der Waals surface area contributed by atoms with Crippen molar-refractivity contribution in [2.45, 2.75) is 20.8 Å². The Hall–Kier alpha value is -2.16. The molecule has 3 heteroatoms. The van der Waals surface area contributed by atoms with Crippen molar-refractivity contribution >= 4 is 0 Å². The minimum atomic E-state index is -0.481. The molecule has 0 aliphatic heterocycles. The first-order valence-electron chi connectivity index (χ1n) is 5.74. The van der Waals surface area contributed by atoms with Gasteiger partial charge < -0.3 is 15.3 Å². The summed E-state index contributed by atoms with van der Waals surface area (Å²) in [6, 6.07) is 7.00. The fraction of sp³-hybridized carbons (Fsp3) is 0.200. The molecule has 0 spiro atoms. The molecule has 0 aliphatic rings. The Morgan fingerprint density at radius 2 is 1.44 bits per heavy atom. The molecule has 3 N–H and O–H groups in total. The van der Waals surface area contributed by atoms with E-state index >= 15 is 0 Å². The fourth-order valence-electron chi connectivity index (χ4n) is 2.11. The Balaban J connectivity index is 2.74. The van der Waals surface area contributed by atoms with Gasteiger partial charge in [-0.15, -0.1) is 0 Å². The Labute approximate surface area is 106 Å². The molecule has 0 unspecified atom stereocenters. The van der Waals surface area contributed by atoms with Crippen LogP contribution in [0.1, 0.15) is 16.7 Å². The number of aromatic hydroxyl groups is 3. The van der Waals surface area contributed by atoms with Gasteiger partial charge in [-0.25, -0.2) is 0 Å². The number of hydrogen-bond donors (Lipinski definition) is 3. The quantitative estimate of drug-likeness (QED) is 0.674. The summed E-state index contributed by atoms with van der Waals surface area (Å²) in [7, 11) is 0. The van der Waals surface area contributed by atoms with Gasteiger partial charge in [0.2, 0.25) is 5.75 Å². The average molecular weight is 244 g/mol. The van der Waals surface area contributed by atoms with Crippen molar-refractivity contribution in [3.63, 3.8) is 0 Å². The van der Waals surface area contributed by atoms with E-state index in [0.717, 1.165) is 22.3 Å². The first-order valence-corrected chi connectivity index (χ1v) is 5.74. The van der Waals surface area contributed by atoms with Crippen molar-refractivity contribution in [1.29, 1.82) is 0 Å². The van der Waals surface area contributed by atoms with Gasteiger partial charge in [-0.2, -0.15) is 0 Å². The molecule has 0 radical (unpaired) electrons. The van der Waals surface area contributed by atoms with Crippen LogP contribution in [0.3, 0.4) is 0 Å². The van der Waals surface area contributed by atoms with Crippen molar-refractivity contribution in [3.05, 3.63) is 41.0 Å². The molecule has 0 aromatic heterocycles. The van der Waals surface area contributed by atoms with Gasteiger partial charge in [0.25, 0.3) is 0 Å². The third-order valence-corrected chi connectivity index (χ3v) is 3.23. The van der Waals surface area contributed by atoms with Crippen molar-refractivity contribution in [2.24, 2.45) is 0 Å². The van der Waals surface area contributed by atoms with Gasteiger partial charge in [0.1, 0.15) is 0 Å². The lowest BCUT2D eigenvalue weighted by atomic mass is 9.94. The van der Waals surface area contributed by atoms with Crippen LogP contribution in [-0.4, -0.2) is 15.3 Å². The summed E-state index contributed by atoms with van der Waals surface area (Å²) in [6.45, 7) is 5.95. The maximum Gasteiger partial charge on any atom is 0.200 e. The zero-order valence-electron chi connectivity index (χ0n) is 10.7. The zero-order chi connectivity index (χ0) is 13.4. The first kappa shape index (κ1) is 12.3.